The molecule has 2 rings (SSSR count). The highest BCUT2D eigenvalue weighted by Gasteiger charge is 2.33. The highest BCUT2D eigenvalue weighted by Crippen LogP contribution is 2.36. The summed E-state index contributed by atoms with van der Waals surface area (Å²) in [6.07, 6.45) is -4.65. The van der Waals surface area contributed by atoms with E-state index < -0.39 is 17.8 Å². The Morgan fingerprint density at radius 2 is 1.86 bits per heavy atom. The van der Waals surface area contributed by atoms with Crippen LogP contribution in [-0.4, -0.2) is 4.98 Å². The van der Waals surface area contributed by atoms with Gasteiger partial charge < -0.3 is 4.74 Å². The van der Waals surface area contributed by atoms with Crippen molar-refractivity contribution in [2.75, 3.05) is 0 Å². The fourth-order valence-electron chi connectivity index (χ4n) is 1.43. The van der Waals surface area contributed by atoms with Crippen LogP contribution in [0.4, 0.5) is 13.2 Å². The fraction of sp³-hybridized carbons (Fsp3) is 0.0769. The summed E-state index contributed by atoms with van der Waals surface area (Å²) in [6.45, 7) is 0. The second kappa shape index (κ2) is 5.80. The molecule has 21 heavy (non-hydrogen) atoms. The lowest BCUT2D eigenvalue weighted by Crippen LogP contribution is -2.09. The number of hydrogen-bond acceptors (Lipinski definition) is 3. The topological polar surface area (TPSA) is 45.9 Å². The molecule has 0 amide bonds. The maximum Gasteiger partial charge on any atom is 0.433 e. The number of ether oxygens (including phenoxy) is 1. The normalized spacial score (nSPS) is 11.0. The van der Waals surface area contributed by atoms with Crippen LogP contribution in [-0.2, 0) is 6.18 Å². The van der Waals surface area contributed by atoms with E-state index >= 15 is 0 Å². The number of benzene rings is 1. The standard InChI is InChI=1S/C13H5Cl2F3N2O/c14-8-2-1-3-9(11(8)15)21-12-7(6-19)4-5-10(20-12)13(16,17)18/h1-5H. The molecule has 0 aliphatic rings. The molecule has 0 spiro atoms. The van der Waals surface area contributed by atoms with Crippen LogP contribution in [0.25, 0.3) is 0 Å². The summed E-state index contributed by atoms with van der Waals surface area (Å²) in [7, 11) is 0. The molecule has 0 N–H and O–H groups in total. The van der Waals surface area contributed by atoms with Gasteiger partial charge in [-0.3, -0.25) is 0 Å². The van der Waals surface area contributed by atoms with Crippen LogP contribution in [0.5, 0.6) is 11.6 Å². The molecular formula is C13H5Cl2F3N2O. The van der Waals surface area contributed by atoms with Gasteiger partial charge in [0.1, 0.15) is 28.1 Å². The first-order valence-electron chi connectivity index (χ1n) is 5.43. The molecule has 1 aromatic carbocycles. The van der Waals surface area contributed by atoms with Crippen LogP contribution in [0, 0.1) is 11.3 Å². The summed E-state index contributed by atoms with van der Waals surface area (Å²) < 4.78 is 43.1. The van der Waals surface area contributed by atoms with Gasteiger partial charge in [-0.05, 0) is 24.3 Å². The molecule has 8 heteroatoms. The van der Waals surface area contributed by atoms with Crippen molar-refractivity contribution < 1.29 is 17.9 Å². The number of nitrogens with zero attached hydrogens (tertiary/aromatic N) is 2. The van der Waals surface area contributed by atoms with Crippen molar-refractivity contribution in [3.8, 4) is 17.7 Å². The number of halogens is 5. The minimum Gasteiger partial charge on any atom is -0.436 e. The van der Waals surface area contributed by atoms with Crippen molar-refractivity contribution in [3.63, 3.8) is 0 Å². The number of pyridine rings is 1. The molecule has 1 aromatic heterocycles. The Hall–Kier alpha value is -1.97. The Bertz CT molecular complexity index is 726. The van der Waals surface area contributed by atoms with E-state index in [0.717, 1.165) is 6.07 Å². The van der Waals surface area contributed by atoms with E-state index in [4.69, 9.17) is 33.2 Å². The molecule has 2 aromatic rings. The Balaban J connectivity index is 2.48. The van der Waals surface area contributed by atoms with Crippen LogP contribution < -0.4 is 4.74 Å². The van der Waals surface area contributed by atoms with Gasteiger partial charge in [0.05, 0.1) is 5.02 Å². The summed E-state index contributed by atoms with van der Waals surface area (Å²) in [6, 6.07) is 7.76. The Kier molecular flexibility index (Phi) is 4.26. The third-order valence-electron chi connectivity index (χ3n) is 2.39. The van der Waals surface area contributed by atoms with Crippen LogP contribution >= 0.6 is 23.2 Å². The SMILES string of the molecule is N#Cc1ccc(C(F)(F)F)nc1Oc1cccc(Cl)c1Cl. The average Bonchev–Trinajstić information content (AvgIpc) is 2.43. The second-order valence-electron chi connectivity index (χ2n) is 3.81. The molecular weight excluding hydrogens is 328 g/mol. The van der Waals surface area contributed by atoms with Crippen molar-refractivity contribution in [1.29, 1.82) is 5.26 Å². The molecule has 0 unspecified atom stereocenters. The van der Waals surface area contributed by atoms with Crippen LogP contribution in [0.2, 0.25) is 10.0 Å². The minimum absolute atomic E-state index is 0.00694. The van der Waals surface area contributed by atoms with Gasteiger partial charge in [0.2, 0.25) is 5.88 Å². The number of rotatable bonds is 2. The van der Waals surface area contributed by atoms with E-state index in [9.17, 15) is 13.2 Å². The van der Waals surface area contributed by atoms with Gasteiger partial charge in [0.25, 0.3) is 0 Å². The van der Waals surface area contributed by atoms with Gasteiger partial charge >= 0.3 is 6.18 Å². The first kappa shape index (κ1) is 15.4. The molecule has 0 bridgehead atoms. The van der Waals surface area contributed by atoms with E-state index in [1.165, 1.54) is 18.2 Å². The lowest BCUT2D eigenvalue weighted by atomic mass is 10.2. The summed E-state index contributed by atoms with van der Waals surface area (Å²) in [5.41, 5.74) is -1.33. The van der Waals surface area contributed by atoms with Crippen LogP contribution in [0.1, 0.15) is 11.3 Å². The number of hydrogen-bond donors (Lipinski definition) is 0. The van der Waals surface area contributed by atoms with Crippen molar-refractivity contribution in [2.45, 2.75) is 6.18 Å². The van der Waals surface area contributed by atoms with E-state index in [1.54, 1.807) is 6.07 Å². The smallest absolute Gasteiger partial charge is 0.433 e. The fourth-order valence-corrected chi connectivity index (χ4v) is 1.76. The molecule has 0 atom stereocenters. The predicted molar refractivity (Wildman–Crippen MR) is 70.5 cm³/mol. The quantitative estimate of drug-likeness (QED) is 0.771. The number of aromatic nitrogens is 1. The molecule has 0 saturated carbocycles. The zero-order chi connectivity index (χ0) is 15.6. The Labute approximate surface area is 127 Å². The average molecular weight is 333 g/mol. The highest BCUT2D eigenvalue weighted by atomic mass is 35.5. The summed E-state index contributed by atoms with van der Waals surface area (Å²) in [5, 5.41) is 9.09. The molecule has 0 fully saturated rings. The second-order valence-corrected chi connectivity index (χ2v) is 4.60. The first-order valence-corrected chi connectivity index (χ1v) is 6.18. The predicted octanol–water partition coefficient (Wildman–Crippen LogP) is 5.07. The van der Waals surface area contributed by atoms with Gasteiger partial charge in [-0.1, -0.05) is 29.3 Å². The molecule has 0 radical (unpaired) electrons. The van der Waals surface area contributed by atoms with Gasteiger partial charge in [-0.15, -0.1) is 0 Å². The van der Waals surface area contributed by atoms with Crippen molar-refractivity contribution in [1.82, 2.24) is 4.98 Å². The molecule has 108 valence electrons. The largest absolute Gasteiger partial charge is 0.436 e. The van der Waals surface area contributed by atoms with Crippen LogP contribution in [0.15, 0.2) is 30.3 Å². The van der Waals surface area contributed by atoms with Gasteiger partial charge in [-0.25, -0.2) is 4.98 Å². The lowest BCUT2D eigenvalue weighted by Gasteiger charge is -2.11. The maximum absolute atomic E-state index is 12.6. The van der Waals surface area contributed by atoms with E-state index in [2.05, 4.69) is 4.98 Å². The van der Waals surface area contributed by atoms with Gasteiger partial charge in [-0.2, -0.15) is 18.4 Å². The van der Waals surface area contributed by atoms with Gasteiger partial charge in [0.15, 0.2) is 0 Å². The first-order chi connectivity index (χ1) is 9.82. The summed E-state index contributed by atoms with van der Waals surface area (Å²) in [5.74, 6) is -0.482. The number of nitriles is 1. The molecule has 0 saturated heterocycles. The zero-order valence-corrected chi connectivity index (χ0v) is 11.6. The highest BCUT2D eigenvalue weighted by molar-refractivity contribution is 6.42. The Morgan fingerprint density at radius 3 is 2.48 bits per heavy atom. The zero-order valence-electron chi connectivity index (χ0n) is 10.1. The summed E-state index contributed by atoms with van der Waals surface area (Å²) in [4.78, 5) is 3.31. The Morgan fingerprint density at radius 1 is 1.14 bits per heavy atom. The van der Waals surface area contributed by atoms with E-state index in [0.29, 0.717) is 6.07 Å². The monoisotopic (exact) mass is 332 g/mol. The molecule has 1 heterocycles. The molecule has 3 nitrogen and oxygen atoms in total. The van der Waals surface area contributed by atoms with E-state index in [1.807, 2.05) is 0 Å². The summed E-state index contributed by atoms with van der Waals surface area (Å²) >= 11 is 11.7. The molecule has 0 aliphatic heterocycles. The third-order valence-corrected chi connectivity index (χ3v) is 3.20. The minimum atomic E-state index is -4.65. The van der Waals surface area contributed by atoms with Crippen molar-refractivity contribution >= 4 is 23.2 Å². The van der Waals surface area contributed by atoms with Gasteiger partial charge in [0, 0.05) is 0 Å². The van der Waals surface area contributed by atoms with Crippen molar-refractivity contribution in [2.24, 2.45) is 0 Å². The van der Waals surface area contributed by atoms with Crippen LogP contribution in [0.3, 0.4) is 0 Å². The van der Waals surface area contributed by atoms with E-state index in [-0.39, 0.29) is 21.4 Å². The maximum atomic E-state index is 12.6. The number of alkyl halides is 3. The third kappa shape index (κ3) is 3.38. The molecule has 0 aliphatic carbocycles. The van der Waals surface area contributed by atoms with Crippen molar-refractivity contribution in [3.05, 3.63) is 51.6 Å². The lowest BCUT2D eigenvalue weighted by molar-refractivity contribution is -0.141.